The van der Waals surface area contributed by atoms with Gasteiger partial charge in [-0.25, -0.2) is 13.4 Å². The summed E-state index contributed by atoms with van der Waals surface area (Å²) in [6, 6.07) is 6.31. The lowest BCUT2D eigenvalue weighted by atomic mass is 9.41. The van der Waals surface area contributed by atoms with Crippen LogP contribution in [0.4, 0.5) is 18.9 Å². The molecule has 4 aliphatic rings. The molecule has 3 heterocycles. The summed E-state index contributed by atoms with van der Waals surface area (Å²) in [5.74, 6) is 1.32. The number of imidazole rings is 2. The fraction of sp³-hybridized carbons (Fsp3) is 0.607. The molecule has 8 nitrogen and oxygen atoms in total. The maximum Gasteiger partial charge on any atom is 0.511 e. The Labute approximate surface area is 240 Å². The van der Waals surface area contributed by atoms with Gasteiger partial charge >= 0.3 is 15.5 Å². The molecular formula is C28H38F3N5O3SSi. The van der Waals surface area contributed by atoms with Crippen LogP contribution in [0.15, 0.2) is 36.8 Å². The number of fused-ring (bicyclic) bond motifs is 2. The molecule has 2 bridgehead atoms. The first-order chi connectivity index (χ1) is 19.2. The van der Waals surface area contributed by atoms with Gasteiger partial charge in [-0.2, -0.15) is 17.5 Å². The molecule has 3 aromatic rings. The third-order valence-electron chi connectivity index (χ3n) is 9.19. The number of rotatable bonds is 9. The van der Waals surface area contributed by atoms with Gasteiger partial charge in [0.05, 0.1) is 12.2 Å². The second kappa shape index (κ2) is 9.85. The van der Waals surface area contributed by atoms with Crippen LogP contribution in [-0.2, 0) is 34.6 Å². The van der Waals surface area contributed by atoms with Crippen LogP contribution in [-0.4, -0.2) is 59.5 Å². The highest BCUT2D eigenvalue weighted by molar-refractivity contribution is 7.89. The van der Waals surface area contributed by atoms with Gasteiger partial charge in [0, 0.05) is 58.1 Å². The zero-order valence-corrected chi connectivity index (χ0v) is 25.8. The zero-order chi connectivity index (χ0) is 29.4. The molecule has 1 aliphatic heterocycles. The Morgan fingerprint density at radius 3 is 2.51 bits per heavy atom. The van der Waals surface area contributed by atoms with Gasteiger partial charge in [-0.3, -0.25) is 8.97 Å². The summed E-state index contributed by atoms with van der Waals surface area (Å²) in [5, 5.41) is 0. The quantitative estimate of drug-likeness (QED) is 0.234. The molecule has 0 amide bonds. The van der Waals surface area contributed by atoms with Gasteiger partial charge in [0.1, 0.15) is 6.73 Å². The van der Waals surface area contributed by atoms with Crippen LogP contribution in [0.5, 0.6) is 0 Å². The molecule has 3 saturated carbocycles. The zero-order valence-electron chi connectivity index (χ0n) is 24.0. The molecule has 2 aromatic heterocycles. The van der Waals surface area contributed by atoms with Crippen LogP contribution in [0, 0.1) is 18.3 Å². The lowest BCUT2D eigenvalue weighted by molar-refractivity contribution is -0.129. The summed E-state index contributed by atoms with van der Waals surface area (Å²) in [5.41, 5.74) is -2.60. The second-order valence-corrected chi connectivity index (χ2v) is 20.9. The number of anilines is 1. The van der Waals surface area contributed by atoms with Crippen molar-refractivity contribution >= 4 is 29.6 Å². The van der Waals surface area contributed by atoms with Crippen molar-refractivity contribution < 1.29 is 26.3 Å². The van der Waals surface area contributed by atoms with Crippen molar-refractivity contribution in [2.75, 3.05) is 18.1 Å². The van der Waals surface area contributed by atoms with Crippen LogP contribution in [0.1, 0.15) is 36.1 Å². The molecule has 0 N–H and O–H groups in total. The van der Waals surface area contributed by atoms with Gasteiger partial charge in [0.2, 0.25) is 5.78 Å². The van der Waals surface area contributed by atoms with Gasteiger partial charge in [-0.15, -0.1) is 0 Å². The summed E-state index contributed by atoms with van der Waals surface area (Å²) in [6.45, 7) is 9.70. The van der Waals surface area contributed by atoms with E-state index in [0.29, 0.717) is 35.7 Å². The predicted octanol–water partition coefficient (Wildman–Crippen LogP) is 5.60. The Morgan fingerprint density at radius 2 is 1.88 bits per heavy atom. The molecule has 0 radical (unpaired) electrons. The molecule has 41 heavy (non-hydrogen) atoms. The van der Waals surface area contributed by atoms with E-state index in [1.54, 1.807) is 0 Å². The normalized spacial score (nSPS) is 25.1. The average Bonchev–Trinajstić information content (AvgIpc) is 3.32. The van der Waals surface area contributed by atoms with Crippen molar-refractivity contribution in [2.24, 2.45) is 11.3 Å². The largest absolute Gasteiger partial charge is 0.511 e. The number of aromatic nitrogens is 3. The number of alkyl halides is 3. The molecule has 0 saturated heterocycles. The first kappa shape index (κ1) is 28.8. The number of nitrogens with zero attached hydrogens (tertiary/aromatic N) is 5. The Morgan fingerprint density at radius 1 is 1.15 bits per heavy atom. The SMILES string of the molecule is Cc1cccc2c1CN(S(=O)(=O)C(F)(F)F)CC(C13CC(C1)C3)N2Cc1cn2ccn(COCC[Si](C)(C)C)c2n1. The first-order valence-corrected chi connectivity index (χ1v) is 19.3. The van der Waals surface area contributed by atoms with Crippen LogP contribution >= 0.6 is 0 Å². The Bertz CT molecular complexity index is 1540. The van der Waals surface area contributed by atoms with E-state index in [9.17, 15) is 21.6 Å². The van der Waals surface area contributed by atoms with E-state index in [-0.39, 0.29) is 24.5 Å². The van der Waals surface area contributed by atoms with E-state index in [1.807, 2.05) is 52.7 Å². The standard InChI is InChI=1S/C28H38F3N5O3SSi/c1-20-6-5-7-24-23(20)17-35(40(37,38)28(29,30)31)18-25(27-12-21(13-27)14-27)36(24)16-22-15-33-8-9-34(26(33)32-22)19-39-10-11-41(2,3)4/h5-9,15,21,25H,10-14,16-19H2,1-4H3. The van der Waals surface area contributed by atoms with Crippen LogP contribution < -0.4 is 4.90 Å². The van der Waals surface area contributed by atoms with Crippen molar-refractivity contribution in [1.29, 1.82) is 0 Å². The average molecular weight is 610 g/mol. The van der Waals surface area contributed by atoms with Gasteiger partial charge < -0.3 is 9.64 Å². The number of hydrogen-bond acceptors (Lipinski definition) is 5. The minimum Gasteiger partial charge on any atom is -0.361 e. The Balaban J connectivity index is 1.33. The van der Waals surface area contributed by atoms with Crippen molar-refractivity contribution in [2.45, 2.75) is 83.2 Å². The minimum atomic E-state index is -5.50. The van der Waals surface area contributed by atoms with E-state index in [2.05, 4.69) is 24.5 Å². The van der Waals surface area contributed by atoms with Gasteiger partial charge in [-0.1, -0.05) is 31.8 Å². The summed E-state index contributed by atoms with van der Waals surface area (Å²) in [4.78, 5) is 7.04. The van der Waals surface area contributed by atoms with Crippen molar-refractivity contribution in [1.82, 2.24) is 18.3 Å². The molecule has 1 aromatic carbocycles. The molecular weight excluding hydrogens is 571 g/mol. The number of sulfonamides is 1. The topological polar surface area (TPSA) is 72.1 Å². The highest BCUT2D eigenvalue weighted by atomic mass is 32.2. The number of benzene rings is 1. The van der Waals surface area contributed by atoms with Gasteiger partial charge in [0.25, 0.3) is 0 Å². The van der Waals surface area contributed by atoms with Crippen molar-refractivity contribution in [3.8, 4) is 0 Å². The fourth-order valence-electron chi connectivity index (χ4n) is 6.73. The predicted molar refractivity (Wildman–Crippen MR) is 154 cm³/mol. The van der Waals surface area contributed by atoms with E-state index in [4.69, 9.17) is 9.72 Å². The molecule has 13 heteroatoms. The third kappa shape index (κ3) is 5.12. The number of aryl methyl sites for hydroxylation is 1. The molecule has 1 atom stereocenters. The smallest absolute Gasteiger partial charge is 0.361 e. The highest BCUT2D eigenvalue weighted by Gasteiger charge is 2.63. The lowest BCUT2D eigenvalue weighted by Crippen LogP contribution is -2.66. The summed E-state index contributed by atoms with van der Waals surface area (Å²) < 4.78 is 77.5. The van der Waals surface area contributed by atoms with Crippen LogP contribution in [0.2, 0.25) is 25.7 Å². The maximum atomic E-state index is 13.8. The molecule has 7 rings (SSSR count). The molecule has 1 unspecified atom stereocenters. The monoisotopic (exact) mass is 609 g/mol. The third-order valence-corrected chi connectivity index (χ3v) is 12.4. The highest BCUT2D eigenvalue weighted by Crippen LogP contribution is 2.67. The summed E-state index contributed by atoms with van der Waals surface area (Å²) >= 11 is 0. The van der Waals surface area contributed by atoms with E-state index in [1.165, 1.54) is 0 Å². The Kier molecular flexibility index (Phi) is 6.91. The van der Waals surface area contributed by atoms with E-state index >= 15 is 0 Å². The van der Waals surface area contributed by atoms with Gasteiger partial charge in [0.15, 0.2) is 0 Å². The summed E-state index contributed by atoms with van der Waals surface area (Å²) in [6.07, 6.45) is 8.54. The number of hydrogen-bond donors (Lipinski definition) is 0. The van der Waals surface area contributed by atoms with Gasteiger partial charge in [-0.05, 0) is 60.8 Å². The molecule has 0 spiro atoms. The minimum absolute atomic E-state index is 0.187. The van der Waals surface area contributed by atoms with Crippen molar-refractivity contribution in [3.63, 3.8) is 0 Å². The number of halogens is 3. The lowest BCUT2D eigenvalue weighted by Gasteiger charge is -2.67. The molecule has 3 aliphatic carbocycles. The van der Waals surface area contributed by atoms with Crippen LogP contribution in [0.25, 0.3) is 5.78 Å². The van der Waals surface area contributed by atoms with Crippen LogP contribution in [0.3, 0.4) is 0 Å². The fourth-order valence-corrected chi connectivity index (χ4v) is 8.42. The maximum absolute atomic E-state index is 13.8. The molecule has 224 valence electrons. The van der Waals surface area contributed by atoms with E-state index < -0.39 is 23.6 Å². The second-order valence-electron chi connectivity index (χ2n) is 13.4. The first-order valence-electron chi connectivity index (χ1n) is 14.2. The molecule has 3 fully saturated rings. The van der Waals surface area contributed by atoms with Crippen molar-refractivity contribution in [3.05, 3.63) is 53.6 Å². The van der Waals surface area contributed by atoms with E-state index in [0.717, 1.165) is 48.0 Å². The summed E-state index contributed by atoms with van der Waals surface area (Å²) in [7, 11) is -6.70. The number of ether oxygens (including phenoxy) is 1. The Hall–Kier alpha value is -2.35.